The third-order valence-corrected chi connectivity index (χ3v) is 5.36. The molecule has 3 aromatic rings. The number of carbonyl (C=O) groups excluding carboxylic acids is 1. The normalized spacial score (nSPS) is 15.9. The average molecular weight is 422 g/mol. The van der Waals surface area contributed by atoms with Crippen LogP contribution in [0.4, 0.5) is 10.6 Å². The standard InChI is InChI=1S/C13H19NO.C11H12N4O/c1-15-10-9-14-8-7-13(11-14)12-5-3-2-4-6-12;1-15-10(13-11(12)16)7-9(14-15)8-5-3-2-4-6-8/h2-6,13H,7-11H2,1H3;2-7H,1H3,(H3,12,13,16). The maximum atomic E-state index is 10.7. The van der Waals surface area contributed by atoms with Crippen LogP contribution < -0.4 is 11.1 Å². The summed E-state index contributed by atoms with van der Waals surface area (Å²) in [5, 5.41) is 6.78. The molecule has 1 fully saturated rings. The van der Waals surface area contributed by atoms with E-state index in [9.17, 15) is 4.79 Å². The first-order valence-electron chi connectivity index (χ1n) is 10.5. The Morgan fingerprint density at radius 2 is 1.84 bits per heavy atom. The summed E-state index contributed by atoms with van der Waals surface area (Å²) in [6, 6.07) is 21.7. The van der Waals surface area contributed by atoms with E-state index in [2.05, 4.69) is 45.6 Å². The van der Waals surface area contributed by atoms with Crippen molar-refractivity contribution in [3.05, 3.63) is 72.3 Å². The quantitative estimate of drug-likeness (QED) is 0.636. The van der Waals surface area contributed by atoms with Gasteiger partial charge in [0.05, 0.1) is 12.3 Å². The van der Waals surface area contributed by atoms with Crippen LogP contribution in [0.5, 0.6) is 0 Å². The molecule has 1 aromatic heterocycles. The zero-order valence-corrected chi connectivity index (χ0v) is 18.2. The van der Waals surface area contributed by atoms with E-state index >= 15 is 0 Å². The minimum atomic E-state index is -0.595. The molecule has 1 atom stereocenters. The summed E-state index contributed by atoms with van der Waals surface area (Å²) in [7, 11) is 3.52. The van der Waals surface area contributed by atoms with Gasteiger partial charge in [0.1, 0.15) is 5.82 Å². The molecule has 2 heterocycles. The Balaban J connectivity index is 0.000000176. The smallest absolute Gasteiger partial charge is 0.317 e. The van der Waals surface area contributed by atoms with Gasteiger partial charge in [0.2, 0.25) is 0 Å². The molecule has 7 heteroatoms. The fourth-order valence-electron chi connectivity index (χ4n) is 3.71. The number of aryl methyl sites for hydroxylation is 1. The lowest BCUT2D eigenvalue weighted by Gasteiger charge is -2.15. The van der Waals surface area contributed by atoms with Gasteiger partial charge >= 0.3 is 6.03 Å². The minimum Gasteiger partial charge on any atom is -0.383 e. The van der Waals surface area contributed by atoms with Crippen LogP contribution in [0.15, 0.2) is 66.7 Å². The molecule has 2 aromatic carbocycles. The van der Waals surface area contributed by atoms with Gasteiger partial charge in [0.15, 0.2) is 0 Å². The van der Waals surface area contributed by atoms with Gasteiger partial charge in [0.25, 0.3) is 0 Å². The summed E-state index contributed by atoms with van der Waals surface area (Å²) < 4.78 is 6.68. The van der Waals surface area contributed by atoms with E-state index in [0.29, 0.717) is 5.82 Å². The SMILES string of the molecule is COCCN1CCC(c2ccccc2)C1.Cn1nc(-c2ccccc2)cc1NC(N)=O. The lowest BCUT2D eigenvalue weighted by molar-refractivity contribution is 0.160. The second kappa shape index (κ2) is 11.3. The van der Waals surface area contributed by atoms with Gasteiger partial charge in [-0.1, -0.05) is 60.7 Å². The lowest BCUT2D eigenvalue weighted by Crippen LogP contribution is -2.24. The number of ether oxygens (including phenoxy) is 1. The van der Waals surface area contributed by atoms with E-state index < -0.39 is 6.03 Å². The molecule has 164 valence electrons. The second-order valence-corrected chi connectivity index (χ2v) is 7.58. The molecule has 0 radical (unpaired) electrons. The summed E-state index contributed by atoms with van der Waals surface area (Å²) in [6.45, 7) is 4.32. The predicted molar refractivity (Wildman–Crippen MR) is 124 cm³/mol. The topological polar surface area (TPSA) is 85.4 Å². The Morgan fingerprint density at radius 3 is 2.48 bits per heavy atom. The van der Waals surface area contributed by atoms with Crippen molar-refractivity contribution in [1.82, 2.24) is 14.7 Å². The molecule has 0 saturated carbocycles. The molecule has 31 heavy (non-hydrogen) atoms. The highest BCUT2D eigenvalue weighted by Gasteiger charge is 2.22. The summed E-state index contributed by atoms with van der Waals surface area (Å²) in [6.07, 6.45) is 1.29. The van der Waals surface area contributed by atoms with E-state index in [4.69, 9.17) is 10.5 Å². The Kier molecular flexibility index (Phi) is 8.20. The van der Waals surface area contributed by atoms with Gasteiger partial charge < -0.3 is 15.4 Å². The van der Waals surface area contributed by atoms with Gasteiger partial charge in [-0.2, -0.15) is 5.10 Å². The number of carbonyl (C=O) groups is 1. The van der Waals surface area contributed by atoms with Gasteiger partial charge in [0, 0.05) is 38.9 Å². The van der Waals surface area contributed by atoms with Crippen molar-refractivity contribution in [1.29, 1.82) is 0 Å². The van der Waals surface area contributed by atoms with Crippen molar-refractivity contribution in [3.8, 4) is 11.3 Å². The number of nitrogens with zero attached hydrogens (tertiary/aromatic N) is 3. The number of hydrogen-bond acceptors (Lipinski definition) is 4. The van der Waals surface area contributed by atoms with Crippen LogP contribution in [0.25, 0.3) is 11.3 Å². The largest absolute Gasteiger partial charge is 0.383 e. The zero-order valence-electron chi connectivity index (χ0n) is 18.2. The van der Waals surface area contributed by atoms with Crippen molar-refractivity contribution in [2.24, 2.45) is 12.8 Å². The molecule has 0 spiro atoms. The maximum Gasteiger partial charge on any atom is 0.317 e. The van der Waals surface area contributed by atoms with Crippen LogP contribution in [-0.2, 0) is 11.8 Å². The average Bonchev–Trinajstić information content (AvgIpc) is 3.41. The summed E-state index contributed by atoms with van der Waals surface area (Å²) in [5.74, 6) is 1.30. The van der Waals surface area contributed by atoms with E-state index in [1.165, 1.54) is 25.1 Å². The maximum absolute atomic E-state index is 10.7. The van der Waals surface area contributed by atoms with E-state index in [1.54, 1.807) is 24.9 Å². The molecule has 4 rings (SSSR count). The number of rotatable bonds is 6. The summed E-state index contributed by atoms with van der Waals surface area (Å²) >= 11 is 0. The molecule has 1 aliphatic rings. The molecule has 1 aliphatic heterocycles. The number of likely N-dealkylation sites (tertiary alicyclic amines) is 1. The van der Waals surface area contributed by atoms with Crippen molar-refractivity contribution in [3.63, 3.8) is 0 Å². The molecule has 0 aliphatic carbocycles. The number of nitrogens with two attached hydrogens (primary N) is 1. The fourth-order valence-corrected chi connectivity index (χ4v) is 3.71. The highest BCUT2D eigenvalue weighted by atomic mass is 16.5. The number of primary amides is 1. The van der Waals surface area contributed by atoms with Crippen LogP contribution >= 0.6 is 0 Å². The second-order valence-electron chi connectivity index (χ2n) is 7.58. The number of urea groups is 1. The van der Waals surface area contributed by atoms with Gasteiger partial charge in [-0.25, -0.2) is 4.79 Å². The molecule has 3 N–H and O–H groups in total. The lowest BCUT2D eigenvalue weighted by atomic mass is 9.99. The van der Waals surface area contributed by atoms with Gasteiger partial charge in [-0.05, 0) is 24.4 Å². The van der Waals surface area contributed by atoms with Crippen LogP contribution in [0.3, 0.4) is 0 Å². The molecular formula is C24H31N5O2. The fraction of sp³-hybridized carbons (Fsp3) is 0.333. The van der Waals surface area contributed by atoms with Crippen molar-refractivity contribution in [2.45, 2.75) is 12.3 Å². The number of methoxy groups -OCH3 is 1. The van der Waals surface area contributed by atoms with Crippen molar-refractivity contribution >= 4 is 11.8 Å². The Hall–Kier alpha value is -3.16. The highest BCUT2D eigenvalue weighted by Crippen LogP contribution is 2.26. The number of nitrogens with one attached hydrogen (secondary N) is 1. The van der Waals surface area contributed by atoms with E-state index in [0.717, 1.165) is 30.3 Å². The first kappa shape index (κ1) is 22.5. The molecule has 7 nitrogen and oxygen atoms in total. The third-order valence-electron chi connectivity index (χ3n) is 5.36. The summed E-state index contributed by atoms with van der Waals surface area (Å²) in [4.78, 5) is 13.2. The Morgan fingerprint density at radius 1 is 1.16 bits per heavy atom. The Bertz CT molecular complexity index is 943. The number of aromatic nitrogens is 2. The van der Waals surface area contributed by atoms with Crippen LogP contribution in [0, 0.1) is 0 Å². The third kappa shape index (κ3) is 6.67. The number of anilines is 1. The van der Waals surface area contributed by atoms with Crippen molar-refractivity contribution in [2.75, 3.05) is 38.7 Å². The molecule has 1 unspecified atom stereocenters. The molecule has 0 bridgehead atoms. The first-order valence-corrected chi connectivity index (χ1v) is 10.5. The van der Waals surface area contributed by atoms with Crippen molar-refractivity contribution < 1.29 is 9.53 Å². The number of amides is 2. The van der Waals surface area contributed by atoms with Crippen LogP contribution in [-0.4, -0.2) is 54.1 Å². The number of benzene rings is 2. The first-order chi connectivity index (χ1) is 15.1. The van der Waals surface area contributed by atoms with Gasteiger partial charge in [-0.3, -0.25) is 10.00 Å². The van der Waals surface area contributed by atoms with Gasteiger partial charge in [-0.15, -0.1) is 0 Å². The Labute approximate surface area is 183 Å². The molecule has 1 saturated heterocycles. The van der Waals surface area contributed by atoms with Crippen LogP contribution in [0.1, 0.15) is 17.9 Å². The number of hydrogen-bond donors (Lipinski definition) is 2. The summed E-state index contributed by atoms with van der Waals surface area (Å²) in [5.41, 5.74) is 8.33. The predicted octanol–water partition coefficient (Wildman–Crippen LogP) is 3.70. The van der Waals surface area contributed by atoms with Crippen LogP contribution in [0.2, 0.25) is 0 Å². The monoisotopic (exact) mass is 421 g/mol. The van der Waals surface area contributed by atoms with E-state index in [1.807, 2.05) is 30.3 Å². The zero-order chi connectivity index (χ0) is 22.1. The minimum absolute atomic E-state index is 0.575. The highest BCUT2D eigenvalue weighted by molar-refractivity contribution is 5.87. The van der Waals surface area contributed by atoms with E-state index in [-0.39, 0.29) is 0 Å². The molecular weight excluding hydrogens is 390 g/mol. The molecule has 2 amide bonds.